The Bertz CT molecular complexity index is 1040. The molecule has 1 aromatic heterocycles. The van der Waals surface area contributed by atoms with Gasteiger partial charge in [-0.1, -0.05) is 35.9 Å². The second-order valence-corrected chi connectivity index (χ2v) is 8.44. The number of piperazine rings is 1. The maximum Gasteiger partial charge on any atom is 0.227 e. The zero-order valence-electron chi connectivity index (χ0n) is 18.6. The SMILES string of the molecule is O=C(CCOc1ccccc1Cl)Nc1ccccc1N1CCN(CCc2ccncc2)CC1. The van der Waals surface area contributed by atoms with E-state index in [0.717, 1.165) is 50.5 Å². The van der Waals surface area contributed by atoms with E-state index < -0.39 is 0 Å². The molecule has 1 saturated heterocycles. The van der Waals surface area contributed by atoms with Crippen LogP contribution in [0.2, 0.25) is 5.02 Å². The molecule has 7 heteroatoms. The predicted octanol–water partition coefficient (Wildman–Crippen LogP) is 4.51. The Hall–Kier alpha value is -3.09. The molecule has 1 fully saturated rings. The smallest absolute Gasteiger partial charge is 0.227 e. The number of ether oxygens (including phenoxy) is 1. The van der Waals surface area contributed by atoms with Gasteiger partial charge >= 0.3 is 0 Å². The van der Waals surface area contributed by atoms with E-state index in [1.54, 1.807) is 12.1 Å². The molecule has 3 aromatic rings. The zero-order chi connectivity index (χ0) is 22.9. The molecule has 0 unspecified atom stereocenters. The van der Waals surface area contributed by atoms with E-state index in [1.165, 1.54) is 5.56 Å². The van der Waals surface area contributed by atoms with Crippen LogP contribution >= 0.6 is 11.6 Å². The highest BCUT2D eigenvalue weighted by Gasteiger charge is 2.19. The number of halogens is 1. The molecule has 0 saturated carbocycles. The molecular formula is C26H29ClN4O2. The van der Waals surface area contributed by atoms with Crippen LogP contribution in [0.1, 0.15) is 12.0 Å². The van der Waals surface area contributed by atoms with Gasteiger partial charge in [0, 0.05) is 45.1 Å². The van der Waals surface area contributed by atoms with Crippen molar-refractivity contribution in [1.82, 2.24) is 9.88 Å². The second kappa shape index (κ2) is 11.7. The number of pyridine rings is 1. The molecule has 0 aliphatic carbocycles. The van der Waals surface area contributed by atoms with E-state index in [4.69, 9.17) is 16.3 Å². The third-order valence-corrected chi connectivity index (χ3v) is 6.09. The Morgan fingerprint density at radius 2 is 1.70 bits per heavy atom. The first kappa shape index (κ1) is 23.1. The topological polar surface area (TPSA) is 57.7 Å². The normalized spacial score (nSPS) is 14.2. The highest BCUT2D eigenvalue weighted by Crippen LogP contribution is 2.27. The van der Waals surface area contributed by atoms with Crippen LogP contribution in [-0.2, 0) is 11.2 Å². The number of benzene rings is 2. The molecule has 33 heavy (non-hydrogen) atoms. The van der Waals surface area contributed by atoms with Crippen molar-refractivity contribution in [2.24, 2.45) is 0 Å². The number of para-hydroxylation sites is 3. The van der Waals surface area contributed by atoms with E-state index in [-0.39, 0.29) is 18.9 Å². The Kier molecular flexibility index (Phi) is 8.17. The Balaban J connectivity index is 1.26. The molecule has 2 heterocycles. The number of rotatable bonds is 9. The second-order valence-electron chi connectivity index (χ2n) is 8.03. The third-order valence-electron chi connectivity index (χ3n) is 5.78. The lowest BCUT2D eigenvalue weighted by Crippen LogP contribution is -2.47. The highest BCUT2D eigenvalue weighted by atomic mass is 35.5. The van der Waals surface area contributed by atoms with Crippen molar-refractivity contribution in [3.63, 3.8) is 0 Å². The van der Waals surface area contributed by atoms with E-state index >= 15 is 0 Å². The van der Waals surface area contributed by atoms with Gasteiger partial charge in [-0.2, -0.15) is 0 Å². The molecule has 4 rings (SSSR count). The number of amides is 1. The van der Waals surface area contributed by atoms with Gasteiger partial charge in [0.2, 0.25) is 5.91 Å². The molecule has 1 amide bonds. The summed E-state index contributed by atoms with van der Waals surface area (Å²) in [5.41, 5.74) is 3.22. The van der Waals surface area contributed by atoms with Crippen LogP contribution in [0.15, 0.2) is 73.1 Å². The van der Waals surface area contributed by atoms with Crippen molar-refractivity contribution in [2.75, 3.05) is 49.5 Å². The van der Waals surface area contributed by atoms with Gasteiger partial charge in [-0.25, -0.2) is 0 Å². The van der Waals surface area contributed by atoms with Crippen LogP contribution in [0, 0.1) is 0 Å². The van der Waals surface area contributed by atoms with E-state index in [2.05, 4.69) is 38.3 Å². The van der Waals surface area contributed by atoms with Crippen molar-refractivity contribution >= 4 is 28.9 Å². The summed E-state index contributed by atoms with van der Waals surface area (Å²) in [6.45, 7) is 5.17. The van der Waals surface area contributed by atoms with Crippen LogP contribution in [0.25, 0.3) is 0 Å². The van der Waals surface area contributed by atoms with Crippen molar-refractivity contribution < 1.29 is 9.53 Å². The average molecular weight is 465 g/mol. The number of aromatic nitrogens is 1. The van der Waals surface area contributed by atoms with Gasteiger partial charge in [0.1, 0.15) is 5.75 Å². The zero-order valence-corrected chi connectivity index (χ0v) is 19.4. The number of anilines is 2. The van der Waals surface area contributed by atoms with E-state index in [1.807, 2.05) is 42.7 Å². The van der Waals surface area contributed by atoms with Crippen molar-refractivity contribution in [3.05, 3.63) is 83.6 Å². The standard InChI is InChI=1S/C26H29ClN4O2/c27-22-5-1-4-8-25(22)33-20-12-26(32)29-23-6-2-3-7-24(23)31-18-16-30(17-19-31)15-11-21-9-13-28-14-10-21/h1-10,13-14H,11-12,15-20H2,(H,29,32). The van der Waals surface area contributed by atoms with Crippen LogP contribution in [-0.4, -0.2) is 55.1 Å². The molecule has 6 nitrogen and oxygen atoms in total. The monoisotopic (exact) mass is 464 g/mol. The summed E-state index contributed by atoms with van der Waals surface area (Å²) in [4.78, 5) is 21.5. The first-order valence-electron chi connectivity index (χ1n) is 11.3. The minimum absolute atomic E-state index is 0.0782. The molecule has 2 aromatic carbocycles. The first-order chi connectivity index (χ1) is 16.2. The number of nitrogens with zero attached hydrogens (tertiary/aromatic N) is 3. The predicted molar refractivity (Wildman–Crippen MR) is 133 cm³/mol. The molecule has 0 radical (unpaired) electrons. The molecule has 172 valence electrons. The summed E-state index contributed by atoms with van der Waals surface area (Å²) in [7, 11) is 0. The minimum Gasteiger partial charge on any atom is -0.491 e. The fraction of sp³-hybridized carbons (Fsp3) is 0.308. The Labute approximate surface area is 200 Å². The highest BCUT2D eigenvalue weighted by molar-refractivity contribution is 6.32. The maximum atomic E-state index is 12.5. The van der Waals surface area contributed by atoms with Gasteiger partial charge in [0.05, 0.1) is 29.4 Å². The van der Waals surface area contributed by atoms with E-state index in [0.29, 0.717) is 10.8 Å². The molecule has 0 spiro atoms. The molecule has 1 N–H and O–H groups in total. The number of carbonyl (C=O) groups is 1. The lowest BCUT2D eigenvalue weighted by atomic mass is 10.1. The van der Waals surface area contributed by atoms with Crippen LogP contribution in [0.4, 0.5) is 11.4 Å². The average Bonchev–Trinajstić information content (AvgIpc) is 2.85. The molecular weight excluding hydrogens is 436 g/mol. The summed E-state index contributed by atoms with van der Waals surface area (Å²) < 4.78 is 5.65. The lowest BCUT2D eigenvalue weighted by molar-refractivity contribution is -0.116. The van der Waals surface area contributed by atoms with Gasteiger partial charge in [-0.15, -0.1) is 0 Å². The molecule has 0 atom stereocenters. The molecule has 1 aliphatic heterocycles. The Morgan fingerprint density at radius 1 is 0.970 bits per heavy atom. The molecule has 0 bridgehead atoms. The van der Waals surface area contributed by atoms with Gasteiger partial charge < -0.3 is 15.0 Å². The van der Waals surface area contributed by atoms with Crippen LogP contribution in [0.5, 0.6) is 5.75 Å². The third kappa shape index (κ3) is 6.70. The van der Waals surface area contributed by atoms with Crippen LogP contribution in [0.3, 0.4) is 0 Å². The number of nitrogens with one attached hydrogen (secondary N) is 1. The van der Waals surface area contributed by atoms with Gasteiger partial charge in [-0.05, 0) is 48.4 Å². The largest absolute Gasteiger partial charge is 0.491 e. The van der Waals surface area contributed by atoms with Crippen molar-refractivity contribution in [3.8, 4) is 5.75 Å². The summed E-state index contributed by atoms with van der Waals surface area (Å²) in [5.74, 6) is 0.514. The summed E-state index contributed by atoms with van der Waals surface area (Å²) >= 11 is 6.10. The first-order valence-corrected chi connectivity index (χ1v) is 11.7. The number of hydrogen-bond acceptors (Lipinski definition) is 5. The van der Waals surface area contributed by atoms with E-state index in [9.17, 15) is 4.79 Å². The fourth-order valence-electron chi connectivity index (χ4n) is 3.93. The number of carbonyl (C=O) groups excluding carboxylic acids is 1. The lowest BCUT2D eigenvalue weighted by Gasteiger charge is -2.37. The fourth-order valence-corrected chi connectivity index (χ4v) is 4.12. The summed E-state index contributed by atoms with van der Waals surface area (Å²) in [6.07, 6.45) is 4.98. The van der Waals surface area contributed by atoms with Gasteiger partial charge in [0.15, 0.2) is 0 Å². The van der Waals surface area contributed by atoms with Crippen molar-refractivity contribution in [2.45, 2.75) is 12.8 Å². The summed E-state index contributed by atoms with van der Waals surface area (Å²) in [6, 6.07) is 19.4. The molecule has 1 aliphatic rings. The minimum atomic E-state index is -0.0782. The summed E-state index contributed by atoms with van der Waals surface area (Å²) in [5, 5.41) is 3.60. The Morgan fingerprint density at radius 3 is 2.48 bits per heavy atom. The van der Waals surface area contributed by atoms with Gasteiger partial charge in [-0.3, -0.25) is 14.7 Å². The number of hydrogen-bond donors (Lipinski definition) is 1. The van der Waals surface area contributed by atoms with Gasteiger partial charge in [0.25, 0.3) is 0 Å². The quantitative estimate of drug-likeness (QED) is 0.505. The van der Waals surface area contributed by atoms with Crippen LogP contribution < -0.4 is 15.0 Å². The van der Waals surface area contributed by atoms with Crippen molar-refractivity contribution in [1.29, 1.82) is 0 Å². The maximum absolute atomic E-state index is 12.5.